The third-order valence-electron chi connectivity index (χ3n) is 2.47. The van der Waals surface area contributed by atoms with Crippen LogP contribution >= 0.6 is 0 Å². The fraction of sp³-hybridized carbons (Fsp3) is 0.500. The highest BCUT2D eigenvalue weighted by atomic mass is 16.3. The molecule has 1 rings (SSSR count). The van der Waals surface area contributed by atoms with Crippen LogP contribution in [0.25, 0.3) is 0 Å². The van der Waals surface area contributed by atoms with Crippen LogP contribution in [0.5, 0.6) is 0 Å². The molecule has 84 valence electrons. The fourth-order valence-corrected chi connectivity index (χ4v) is 1.34. The molecule has 1 aromatic rings. The number of aliphatic hydroxyl groups excluding tert-OH is 2. The zero-order valence-electron chi connectivity index (χ0n) is 9.11. The Morgan fingerprint density at radius 3 is 2.07 bits per heavy atom. The van der Waals surface area contributed by atoms with Gasteiger partial charge >= 0.3 is 0 Å². The Balaban J connectivity index is 2.43. The molecule has 0 aliphatic heterocycles. The average Bonchev–Trinajstić information content (AvgIpc) is 2.31. The van der Waals surface area contributed by atoms with Crippen molar-refractivity contribution in [2.24, 2.45) is 0 Å². The van der Waals surface area contributed by atoms with Crippen molar-refractivity contribution < 1.29 is 10.2 Å². The summed E-state index contributed by atoms with van der Waals surface area (Å²) >= 11 is 0. The van der Waals surface area contributed by atoms with Crippen molar-refractivity contribution in [1.29, 1.82) is 0 Å². The monoisotopic (exact) mass is 209 g/mol. The molecule has 0 saturated carbocycles. The van der Waals surface area contributed by atoms with Gasteiger partial charge in [0.2, 0.25) is 0 Å². The Labute approximate surface area is 90.8 Å². The van der Waals surface area contributed by atoms with Gasteiger partial charge in [0.15, 0.2) is 0 Å². The molecule has 0 bridgehead atoms. The predicted molar refractivity (Wildman–Crippen MR) is 60.6 cm³/mol. The van der Waals surface area contributed by atoms with Crippen molar-refractivity contribution in [2.75, 3.05) is 13.2 Å². The maximum absolute atomic E-state index is 8.86. The van der Waals surface area contributed by atoms with E-state index in [0.29, 0.717) is 6.54 Å². The van der Waals surface area contributed by atoms with Crippen molar-refractivity contribution in [1.82, 2.24) is 5.32 Å². The molecule has 3 N–H and O–H groups in total. The number of aliphatic hydroxyl groups is 2. The van der Waals surface area contributed by atoms with E-state index in [1.807, 2.05) is 0 Å². The molecule has 15 heavy (non-hydrogen) atoms. The van der Waals surface area contributed by atoms with Crippen LogP contribution < -0.4 is 5.32 Å². The molecule has 0 heterocycles. The van der Waals surface area contributed by atoms with Crippen molar-refractivity contribution in [2.45, 2.75) is 25.9 Å². The lowest BCUT2D eigenvalue weighted by molar-refractivity contribution is 0.170. The highest BCUT2D eigenvalue weighted by molar-refractivity contribution is 5.22. The first-order valence-electron chi connectivity index (χ1n) is 5.33. The van der Waals surface area contributed by atoms with Crippen LogP contribution in [0.4, 0.5) is 0 Å². The van der Waals surface area contributed by atoms with Crippen molar-refractivity contribution in [3.8, 4) is 0 Å². The van der Waals surface area contributed by atoms with E-state index in [9.17, 15) is 0 Å². The van der Waals surface area contributed by atoms with Gasteiger partial charge in [0.25, 0.3) is 0 Å². The normalized spacial score (nSPS) is 10.9. The second-order valence-corrected chi connectivity index (χ2v) is 3.61. The van der Waals surface area contributed by atoms with Gasteiger partial charge in [0.1, 0.15) is 0 Å². The van der Waals surface area contributed by atoms with E-state index in [2.05, 4.69) is 36.5 Å². The van der Waals surface area contributed by atoms with Crippen LogP contribution in [0.2, 0.25) is 0 Å². The smallest absolute Gasteiger partial charge is 0.0607 e. The van der Waals surface area contributed by atoms with E-state index in [1.165, 1.54) is 11.1 Å². The number of nitrogens with one attached hydrogen (secondary N) is 1. The quantitative estimate of drug-likeness (QED) is 0.646. The number of hydrogen-bond acceptors (Lipinski definition) is 3. The summed E-state index contributed by atoms with van der Waals surface area (Å²) in [5.41, 5.74) is 2.48. The number of rotatable bonds is 6. The summed E-state index contributed by atoms with van der Waals surface area (Å²) in [6.07, 6.45) is 1.05. The Morgan fingerprint density at radius 2 is 1.60 bits per heavy atom. The molecule has 0 aliphatic rings. The lowest BCUT2D eigenvalue weighted by Gasteiger charge is -2.13. The first-order chi connectivity index (χ1) is 7.30. The van der Waals surface area contributed by atoms with E-state index in [1.54, 1.807) is 0 Å². The van der Waals surface area contributed by atoms with Crippen LogP contribution in [0.3, 0.4) is 0 Å². The number of hydrogen-bond donors (Lipinski definition) is 3. The highest BCUT2D eigenvalue weighted by Crippen LogP contribution is 2.04. The highest BCUT2D eigenvalue weighted by Gasteiger charge is 2.03. The van der Waals surface area contributed by atoms with E-state index in [-0.39, 0.29) is 19.3 Å². The zero-order chi connectivity index (χ0) is 11.1. The average molecular weight is 209 g/mol. The first-order valence-corrected chi connectivity index (χ1v) is 5.33. The molecular formula is C12H19NO2. The Morgan fingerprint density at radius 1 is 1.07 bits per heavy atom. The van der Waals surface area contributed by atoms with Crippen molar-refractivity contribution in [3.63, 3.8) is 0 Å². The molecule has 0 aromatic heterocycles. The molecule has 1 aromatic carbocycles. The number of aryl methyl sites for hydroxylation is 1. The van der Waals surface area contributed by atoms with Crippen LogP contribution in [-0.4, -0.2) is 29.5 Å². The molecule has 0 amide bonds. The second-order valence-electron chi connectivity index (χ2n) is 3.61. The van der Waals surface area contributed by atoms with E-state index < -0.39 is 0 Å². The van der Waals surface area contributed by atoms with Gasteiger partial charge in [-0.3, -0.25) is 0 Å². The molecule has 0 unspecified atom stereocenters. The minimum Gasteiger partial charge on any atom is -0.395 e. The summed E-state index contributed by atoms with van der Waals surface area (Å²) in [5, 5.41) is 20.8. The molecule has 0 radical (unpaired) electrons. The molecule has 0 atom stereocenters. The van der Waals surface area contributed by atoms with Crippen LogP contribution in [-0.2, 0) is 13.0 Å². The topological polar surface area (TPSA) is 52.5 Å². The maximum Gasteiger partial charge on any atom is 0.0607 e. The second kappa shape index (κ2) is 6.56. The Hall–Kier alpha value is -0.900. The molecule has 3 heteroatoms. The molecular weight excluding hydrogens is 190 g/mol. The Kier molecular flexibility index (Phi) is 5.32. The largest absolute Gasteiger partial charge is 0.395 e. The summed E-state index contributed by atoms with van der Waals surface area (Å²) in [5.74, 6) is 0. The summed E-state index contributed by atoms with van der Waals surface area (Å²) in [4.78, 5) is 0. The SMILES string of the molecule is CCc1ccc(CNC(CO)CO)cc1. The van der Waals surface area contributed by atoms with E-state index in [0.717, 1.165) is 6.42 Å². The van der Waals surface area contributed by atoms with E-state index >= 15 is 0 Å². The van der Waals surface area contributed by atoms with E-state index in [4.69, 9.17) is 10.2 Å². The molecule has 3 nitrogen and oxygen atoms in total. The van der Waals surface area contributed by atoms with Gasteiger partial charge in [-0.15, -0.1) is 0 Å². The third-order valence-corrected chi connectivity index (χ3v) is 2.47. The summed E-state index contributed by atoms with van der Waals surface area (Å²) in [7, 11) is 0. The van der Waals surface area contributed by atoms with Gasteiger partial charge in [0.05, 0.1) is 19.3 Å². The lowest BCUT2D eigenvalue weighted by Crippen LogP contribution is -2.35. The molecule has 0 saturated heterocycles. The summed E-state index contributed by atoms with van der Waals surface area (Å²) in [6.45, 7) is 2.73. The van der Waals surface area contributed by atoms with Gasteiger partial charge < -0.3 is 15.5 Å². The fourth-order valence-electron chi connectivity index (χ4n) is 1.34. The van der Waals surface area contributed by atoms with Crippen LogP contribution in [0.15, 0.2) is 24.3 Å². The molecule has 0 spiro atoms. The minimum absolute atomic E-state index is 0.0382. The third kappa shape index (κ3) is 4.00. The van der Waals surface area contributed by atoms with Gasteiger partial charge in [-0.2, -0.15) is 0 Å². The van der Waals surface area contributed by atoms with Gasteiger partial charge in [-0.1, -0.05) is 31.2 Å². The molecule has 0 aliphatic carbocycles. The zero-order valence-corrected chi connectivity index (χ0v) is 9.11. The Bertz CT molecular complexity index is 267. The van der Waals surface area contributed by atoms with Gasteiger partial charge in [0, 0.05) is 6.54 Å². The van der Waals surface area contributed by atoms with Gasteiger partial charge in [-0.05, 0) is 17.5 Å². The lowest BCUT2D eigenvalue weighted by atomic mass is 10.1. The predicted octanol–water partition coefficient (Wildman–Crippen LogP) is 0.692. The molecule has 0 fully saturated rings. The first kappa shape index (κ1) is 12.2. The van der Waals surface area contributed by atoms with Crippen molar-refractivity contribution in [3.05, 3.63) is 35.4 Å². The van der Waals surface area contributed by atoms with Crippen molar-refractivity contribution >= 4 is 0 Å². The summed E-state index contributed by atoms with van der Waals surface area (Å²) < 4.78 is 0. The van der Waals surface area contributed by atoms with Gasteiger partial charge in [-0.25, -0.2) is 0 Å². The minimum atomic E-state index is -0.226. The maximum atomic E-state index is 8.86. The summed E-state index contributed by atoms with van der Waals surface area (Å²) in [6, 6.07) is 8.11. The standard InChI is InChI=1S/C12H19NO2/c1-2-10-3-5-11(6-4-10)7-13-12(8-14)9-15/h3-6,12-15H,2,7-9H2,1H3. The number of benzene rings is 1. The van der Waals surface area contributed by atoms with Crippen LogP contribution in [0.1, 0.15) is 18.1 Å². The van der Waals surface area contributed by atoms with Crippen LogP contribution in [0, 0.1) is 0 Å².